The number of nitrogens with zero attached hydrogens (tertiary/aromatic N) is 1. The molecule has 18 heavy (non-hydrogen) atoms. The summed E-state index contributed by atoms with van der Waals surface area (Å²) in [5.41, 5.74) is 0. The first-order chi connectivity index (χ1) is 8.61. The van der Waals surface area contributed by atoms with Gasteiger partial charge in [0.2, 0.25) is 11.8 Å². The lowest BCUT2D eigenvalue weighted by Gasteiger charge is -2.39. The highest BCUT2D eigenvalue weighted by molar-refractivity contribution is 5.84. The fourth-order valence-electron chi connectivity index (χ4n) is 2.85. The Kier molecular flexibility index (Phi) is 4.22. The zero-order chi connectivity index (χ0) is 13.1. The van der Waals surface area contributed by atoms with Crippen LogP contribution >= 0.6 is 0 Å². The van der Waals surface area contributed by atoms with Crippen molar-refractivity contribution in [3.63, 3.8) is 0 Å². The van der Waals surface area contributed by atoms with Crippen molar-refractivity contribution >= 4 is 11.8 Å². The molecule has 0 spiro atoms. The highest BCUT2D eigenvalue weighted by atomic mass is 16.5. The Balaban J connectivity index is 1.91. The summed E-state index contributed by atoms with van der Waals surface area (Å²) < 4.78 is 5.35. The van der Waals surface area contributed by atoms with Crippen molar-refractivity contribution < 1.29 is 14.3 Å². The van der Waals surface area contributed by atoms with Crippen molar-refractivity contribution in [3.8, 4) is 0 Å². The molecule has 0 aromatic rings. The first-order valence-electron chi connectivity index (χ1n) is 6.71. The van der Waals surface area contributed by atoms with Gasteiger partial charge in [-0.05, 0) is 26.2 Å². The first-order valence-corrected chi connectivity index (χ1v) is 6.71. The lowest BCUT2D eigenvalue weighted by molar-refractivity contribution is -0.142. The zero-order valence-corrected chi connectivity index (χ0v) is 11.1. The van der Waals surface area contributed by atoms with Crippen LogP contribution in [0, 0.1) is 5.92 Å². The Labute approximate surface area is 108 Å². The molecule has 2 fully saturated rings. The monoisotopic (exact) mass is 254 g/mol. The minimum atomic E-state index is -0.0377. The molecule has 0 saturated carbocycles. The lowest BCUT2D eigenvalue weighted by Crippen LogP contribution is -2.51. The van der Waals surface area contributed by atoms with Gasteiger partial charge >= 0.3 is 0 Å². The predicted molar refractivity (Wildman–Crippen MR) is 66.9 cm³/mol. The van der Waals surface area contributed by atoms with Gasteiger partial charge in [-0.15, -0.1) is 0 Å². The lowest BCUT2D eigenvalue weighted by atomic mass is 9.94. The molecule has 2 heterocycles. The standard InChI is InChI=1S/C13H22N2O3/c1-9-7-11(18-2)5-6-15(9)13(17)10-3-4-12(16)14-8-10/h9-11H,3-8H2,1-2H3,(H,14,16). The number of carbonyl (C=O) groups excluding carboxylic acids is 2. The molecule has 0 aromatic heterocycles. The molecule has 3 unspecified atom stereocenters. The van der Waals surface area contributed by atoms with Gasteiger partial charge in [0.05, 0.1) is 12.0 Å². The molecule has 0 aliphatic carbocycles. The van der Waals surface area contributed by atoms with E-state index < -0.39 is 0 Å². The molecular weight excluding hydrogens is 232 g/mol. The summed E-state index contributed by atoms with van der Waals surface area (Å²) in [6.07, 6.45) is 3.24. The van der Waals surface area contributed by atoms with Gasteiger partial charge in [-0.1, -0.05) is 0 Å². The number of piperidine rings is 2. The van der Waals surface area contributed by atoms with Crippen molar-refractivity contribution in [1.82, 2.24) is 10.2 Å². The SMILES string of the molecule is COC1CCN(C(=O)C2CCC(=O)NC2)C(C)C1. The van der Waals surface area contributed by atoms with Gasteiger partial charge in [0, 0.05) is 32.7 Å². The molecule has 0 bridgehead atoms. The number of methoxy groups -OCH3 is 1. The second kappa shape index (κ2) is 5.69. The third-order valence-electron chi connectivity index (χ3n) is 4.06. The zero-order valence-electron chi connectivity index (χ0n) is 11.1. The Morgan fingerprint density at radius 3 is 2.78 bits per heavy atom. The molecule has 1 N–H and O–H groups in total. The summed E-state index contributed by atoms with van der Waals surface area (Å²) >= 11 is 0. The average molecular weight is 254 g/mol. The van der Waals surface area contributed by atoms with Gasteiger partial charge in [-0.25, -0.2) is 0 Å². The van der Waals surface area contributed by atoms with E-state index in [9.17, 15) is 9.59 Å². The van der Waals surface area contributed by atoms with E-state index in [2.05, 4.69) is 12.2 Å². The number of hydrogen-bond acceptors (Lipinski definition) is 3. The van der Waals surface area contributed by atoms with E-state index in [1.54, 1.807) is 7.11 Å². The second-order valence-electron chi connectivity index (χ2n) is 5.30. The molecule has 0 aromatic carbocycles. The maximum absolute atomic E-state index is 12.4. The maximum atomic E-state index is 12.4. The minimum absolute atomic E-state index is 0.0377. The van der Waals surface area contributed by atoms with E-state index in [0.29, 0.717) is 19.4 Å². The van der Waals surface area contributed by atoms with Crippen LogP contribution in [0.3, 0.4) is 0 Å². The van der Waals surface area contributed by atoms with Crippen molar-refractivity contribution in [2.24, 2.45) is 5.92 Å². The van der Waals surface area contributed by atoms with Crippen molar-refractivity contribution in [2.75, 3.05) is 20.2 Å². The molecule has 5 heteroatoms. The van der Waals surface area contributed by atoms with E-state index in [4.69, 9.17) is 4.74 Å². The summed E-state index contributed by atoms with van der Waals surface area (Å²) in [5.74, 6) is 0.214. The van der Waals surface area contributed by atoms with Gasteiger partial charge in [0.15, 0.2) is 0 Å². The molecule has 5 nitrogen and oxygen atoms in total. The van der Waals surface area contributed by atoms with Gasteiger partial charge in [-0.2, -0.15) is 0 Å². The van der Waals surface area contributed by atoms with Gasteiger partial charge in [0.1, 0.15) is 0 Å². The number of rotatable bonds is 2. The molecule has 2 amide bonds. The normalized spacial score (nSPS) is 33.1. The van der Waals surface area contributed by atoms with Crippen LogP contribution in [-0.4, -0.2) is 49.1 Å². The van der Waals surface area contributed by atoms with Gasteiger partial charge in [0.25, 0.3) is 0 Å². The van der Waals surface area contributed by atoms with Crippen molar-refractivity contribution in [2.45, 2.75) is 44.8 Å². The molecule has 2 rings (SSSR count). The topological polar surface area (TPSA) is 58.6 Å². The number of nitrogens with one attached hydrogen (secondary N) is 1. The average Bonchev–Trinajstić information content (AvgIpc) is 2.38. The van der Waals surface area contributed by atoms with E-state index in [1.807, 2.05) is 4.90 Å². The van der Waals surface area contributed by atoms with Crippen LogP contribution in [0.1, 0.15) is 32.6 Å². The van der Waals surface area contributed by atoms with Crippen LogP contribution in [0.25, 0.3) is 0 Å². The first kappa shape index (κ1) is 13.3. The van der Waals surface area contributed by atoms with Crippen LogP contribution in [0.4, 0.5) is 0 Å². The number of amides is 2. The van der Waals surface area contributed by atoms with E-state index >= 15 is 0 Å². The van der Waals surface area contributed by atoms with Gasteiger partial charge in [-0.3, -0.25) is 9.59 Å². The van der Waals surface area contributed by atoms with Crippen molar-refractivity contribution in [1.29, 1.82) is 0 Å². The summed E-state index contributed by atoms with van der Waals surface area (Å²) in [6, 6.07) is 0.230. The highest BCUT2D eigenvalue weighted by Gasteiger charge is 2.34. The Hall–Kier alpha value is -1.10. The molecular formula is C13H22N2O3. The summed E-state index contributed by atoms with van der Waals surface area (Å²) in [4.78, 5) is 25.5. The van der Waals surface area contributed by atoms with Crippen LogP contribution in [0.5, 0.6) is 0 Å². The predicted octanol–water partition coefficient (Wildman–Crippen LogP) is 0.539. The van der Waals surface area contributed by atoms with E-state index in [0.717, 1.165) is 19.4 Å². The number of ether oxygens (including phenoxy) is 1. The molecule has 3 atom stereocenters. The Morgan fingerprint density at radius 1 is 1.44 bits per heavy atom. The quantitative estimate of drug-likeness (QED) is 0.782. The largest absolute Gasteiger partial charge is 0.381 e. The Morgan fingerprint density at radius 2 is 2.22 bits per heavy atom. The molecule has 2 aliphatic rings. The maximum Gasteiger partial charge on any atom is 0.227 e. The van der Waals surface area contributed by atoms with E-state index in [-0.39, 0.29) is 29.9 Å². The van der Waals surface area contributed by atoms with Crippen LogP contribution in [0.2, 0.25) is 0 Å². The fourth-order valence-corrected chi connectivity index (χ4v) is 2.85. The Bertz CT molecular complexity index is 322. The van der Waals surface area contributed by atoms with Gasteiger partial charge < -0.3 is 15.0 Å². The van der Waals surface area contributed by atoms with Crippen LogP contribution < -0.4 is 5.32 Å². The second-order valence-corrected chi connectivity index (χ2v) is 5.30. The van der Waals surface area contributed by atoms with Crippen molar-refractivity contribution in [3.05, 3.63) is 0 Å². The smallest absolute Gasteiger partial charge is 0.227 e. The molecule has 0 radical (unpaired) electrons. The summed E-state index contributed by atoms with van der Waals surface area (Å²) in [6.45, 7) is 3.34. The van der Waals surface area contributed by atoms with Crippen LogP contribution in [-0.2, 0) is 14.3 Å². The number of hydrogen-bond donors (Lipinski definition) is 1. The third-order valence-corrected chi connectivity index (χ3v) is 4.06. The summed E-state index contributed by atoms with van der Waals surface area (Å²) in [5, 5.41) is 2.78. The summed E-state index contributed by atoms with van der Waals surface area (Å²) in [7, 11) is 1.73. The third kappa shape index (κ3) is 2.83. The van der Waals surface area contributed by atoms with E-state index in [1.165, 1.54) is 0 Å². The highest BCUT2D eigenvalue weighted by Crippen LogP contribution is 2.23. The fraction of sp³-hybridized carbons (Fsp3) is 0.846. The molecule has 2 saturated heterocycles. The molecule has 2 aliphatic heterocycles. The minimum Gasteiger partial charge on any atom is -0.381 e. The number of carbonyl (C=O) groups is 2. The molecule has 102 valence electrons. The number of likely N-dealkylation sites (tertiary alicyclic amines) is 1. The van der Waals surface area contributed by atoms with Crippen LogP contribution in [0.15, 0.2) is 0 Å².